The molecule has 0 heterocycles. The highest BCUT2D eigenvalue weighted by Gasteiger charge is 2.08. The van der Waals surface area contributed by atoms with Crippen LogP contribution in [-0.2, 0) is 9.53 Å². The molecule has 0 aliphatic rings. The van der Waals surface area contributed by atoms with Crippen LogP contribution < -0.4 is 5.73 Å². The van der Waals surface area contributed by atoms with Crippen LogP contribution in [-0.4, -0.2) is 18.1 Å². The zero-order valence-corrected chi connectivity index (χ0v) is 7.46. The zero-order chi connectivity index (χ0) is 8.85. The predicted molar refractivity (Wildman–Crippen MR) is 44.1 cm³/mol. The van der Waals surface area contributed by atoms with Crippen molar-refractivity contribution in [3.63, 3.8) is 0 Å². The van der Waals surface area contributed by atoms with E-state index < -0.39 is 0 Å². The van der Waals surface area contributed by atoms with Gasteiger partial charge in [0.25, 0.3) is 0 Å². The third-order valence-electron chi connectivity index (χ3n) is 1.40. The van der Waals surface area contributed by atoms with Gasteiger partial charge in [-0.3, -0.25) is 4.79 Å². The minimum absolute atomic E-state index is 0.0150. The largest absolute Gasteiger partial charge is 0.463 e. The Morgan fingerprint density at radius 3 is 2.45 bits per heavy atom. The molecule has 11 heavy (non-hydrogen) atoms. The molecule has 2 N–H and O–H groups in total. The van der Waals surface area contributed by atoms with Gasteiger partial charge in [-0.1, -0.05) is 6.92 Å². The number of rotatable bonds is 4. The monoisotopic (exact) mass is 159 g/mol. The number of carbonyl (C=O) groups is 1. The fourth-order valence-corrected chi connectivity index (χ4v) is 0.619. The molecule has 0 aliphatic carbocycles. The van der Waals surface area contributed by atoms with Gasteiger partial charge >= 0.3 is 5.97 Å². The van der Waals surface area contributed by atoms with Gasteiger partial charge in [0.2, 0.25) is 0 Å². The van der Waals surface area contributed by atoms with E-state index >= 15 is 0 Å². The quantitative estimate of drug-likeness (QED) is 0.624. The Bertz CT molecular complexity index is 123. The molecule has 66 valence electrons. The molecule has 0 saturated heterocycles. The molecule has 0 aromatic rings. The smallest absolute Gasteiger partial charge is 0.307 e. The van der Waals surface area contributed by atoms with Crippen LogP contribution in [0.4, 0.5) is 0 Å². The summed E-state index contributed by atoms with van der Waals surface area (Å²) in [5.41, 5.74) is 5.41. The van der Waals surface area contributed by atoms with E-state index in [1.807, 2.05) is 13.8 Å². The van der Waals surface area contributed by atoms with Gasteiger partial charge in [-0.2, -0.15) is 0 Å². The van der Waals surface area contributed by atoms with E-state index in [0.29, 0.717) is 6.42 Å². The van der Waals surface area contributed by atoms with Crippen LogP contribution in [0.25, 0.3) is 0 Å². The summed E-state index contributed by atoms with van der Waals surface area (Å²) in [6.07, 6.45) is 1.18. The maximum Gasteiger partial charge on any atom is 0.307 e. The summed E-state index contributed by atoms with van der Waals surface area (Å²) < 4.78 is 4.99. The van der Waals surface area contributed by atoms with E-state index in [9.17, 15) is 4.79 Å². The van der Waals surface area contributed by atoms with E-state index in [-0.39, 0.29) is 18.1 Å². The SMILES string of the molecule is CCC(C)OC(=O)CC(C)N. The number of ether oxygens (including phenoxy) is 1. The van der Waals surface area contributed by atoms with Crippen LogP contribution in [0.1, 0.15) is 33.6 Å². The molecular weight excluding hydrogens is 142 g/mol. The maximum absolute atomic E-state index is 10.9. The molecule has 0 aromatic carbocycles. The molecule has 2 atom stereocenters. The van der Waals surface area contributed by atoms with E-state index in [0.717, 1.165) is 6.42 Å². The molecule has 0 amide bonds. The molecule has 2 unspecified atom stereocenters. The van der Waals surface area contributed by atoms with Crippen LogP contribution >= 0.6 is 0 Å². The van der Waals surface area contributed by atoms with Crippen LogP contribution in [0.3, 0.4) is 0 Å². The average Bonchev–Trinajstić information content (AvgIpc) is 1.85. The van der Waals surface area contributed by atoms with Crippen molar-refractivity contribution in [2.24, 2.45) is 5.73 Å². The minimum Gasteiger partial charge on any atom is -0.463 e. The lowest BCUT2D eigenvalue weighted by atomic mass is 10.2. The Balaban J connectivity index is 3.52. The summed E-state index contributed by atoms with van der Waals surface area (Å²) in [5, 5.41) is 0. The Labute approximate surface area is 67.9 Å². The van der Waals surface area contributed by atoms with Crippen molar-refractivity contribution in [3.8, 4) is 0 Å². The highest BCUT2D eigenvalue weighted by atomic mass is 16.5. The van der Waals surface area contributed by atoms with Crippen LogP contribution in [0, 0.1) is 0 Å². The molecule has 0 radical (unpaired) electrons. The molecule has 0 rings (SSSR count). The first-order chi connectivity index (χ1) is 5.06. The van der Waals surface area contributed by atoms with Crippen molar-refractivity contribution in [2.45, 2.75) is 45.8 Å². The predicted octanol–water partition coefficient (Wildman–Crippen LogP) is 1.07. The minimum atomic E-state index is -0.200. The highest BCUT2D eigenvalue weighted by Crippen LogP contribution is 1.99. The number of nitrogens with two attached hydrogens (primary N) is 1. The number of hydrogen-bond donors (Lipinski definition) is 1. The van der Waals surface area contributed by atoms with Gasteiger partial charge in [0, 0.05) is 6.04 Å². The van der Waals surface area contributed by atoms with Gasteiger partial charge < -0.3 is 10.5 Å². The third-order valence-corrected chi connectivity index (χ3v) is 1.40. The molecule has 0 aromatic heterocycles. The summed E-state index contributed by atoms with van der Waals surface area (Å²) in [6.45, 7) is 5.64. The van der Waals surface area contributed by atoms with Gasteiger partial charge in [-0.15, -0.1) is 0 Å². The number of carbonyl (C=O) groups excluding carboxylic acids is 1. The third kappa shape index (κ3) is 5.85. The molecule has 0 bridgehead atoms. The topological polar surface area (TPSA) is 52.3 Å². The fraction of sp³-hybridized carbons (Fsp3) is 0.875. The van der Waals surface area contributed by atoms with E-state index in [1.165, 1.54) is 0 Å². The van der Waals surface area contributed by atoms with Crippen molar-refractivity contribution in [1.29, 1.82) is 0 Å². The number of hydrogen-bond acceptors (Lipinski definition) is 3. The second-order valence-corrected chi connectivity index (χ2v) is 2.89. The lowest BCUT2D eigenvalue weighted by Crippen LogP contribution is -2.23. The Morgan fingerprint density at radius 1 is 1.55 bits per heavy atom. The fourth-order valence-electron chi connectivity index (χ4n) is 0.619. The zero-order valence-electron chi connectivity index (χ0n) is 7.46. The van der Waals surface area contributed by atoms with Crippen LogP contribution in [0.5, 0.6) is 0 Å². The van der Waals surface area contributed by atoms with Crippen molar-refractivity contribution in [3.05, 3.63) is 0 Å². The van der Waals surface area contributed by atoms with Crippen LogP contribution in [0.2, 0.25) is 0 Å². The van der Waals surface area contributed by atoms with Gasteiger partial charge in [0.05, 0.1) is 12.5 Å². The standard InChI is InChI=1S/C8H17NO2/c1-4-7(3)11-8(10)5-6(2)9/h6-7H,4-5,9H2,1-3H3. The lowest BCUT2D eigenvalue weighted by Gasteiger charge is -2.11. The Hall–Kier alpha value is -0.570. The van der Waals surface area contributed by atoms with E-state index in [2.05, 4.69) is 0 Å². The first-order valence-corrected chi connectivity index (χ1v) is 4.01. The van der Waals surface area contributed by atoms with Crippen molar-refractivity contribution in [1.82, 2.24) is 0 Å². The van der Waals surface area contributed by atoms with Gasteiger partial charge in [0.1, 0.15) is 0 Å². The summed E-state index contributed by atoms with van der Waals surface area (Å²) in [5.74, 6) is -0.200. The molecule has 0 saturated carbocycles. The van der Waals surface area contributed by atoms with Crippen molar-refractivity contribution >= 4 is 5.97 Å². The molecule has 0 spiro atoms. The summed E-state index contributed by atoms with van der Waals surface area (Å²) in [7, 11) is 0. The Morgan fingerprint density at radius 2 is 2.09 bits per heavy atom. The molecule has 3 heteroatoms. The van der Waals surface area contributed by atoms with Crippen molar-refractivity contribution in [2.75, 3.05) is 0 Å². The summed E-state index contributed by atoms with van der Waals surface area (Å²) >= 11 is 0. The maximum atomic E-state index is 10.9. The second-order valence-electron chi connectivity index (χ2n) is 2.89. The lowest BCUT2D eigenvalue weighted by molar-refractivity contribution is -0.148. The van der Waals surface area contributed by atoms with E-state index in [4.69, 9.17) is 10.5 Å². The average molecular weight is 159 g/mol. The first-order valence-electron chi connectivity index (χ1n) is 4.01. The van der Waals surface area contributed by atoms with Crippen LogP contribution in [0.15, 0.2) is 0 Å². The van der Waals surface area contributed by atoms with Gasteiger partial charge in [-0.05, 0) is 20.3 Å². The molecule has 3 nitrogen and oxygen atoms in total. The normalized spacial score (nSPS) is 15.6. The first kappa shape index (κ1) is 10.4. The summed E-state index contributed by atoms with van der Waals surface area (Å²) in [6, 6.07) is -0.105. The molecule has 0 fully saturated rings. The van der Waals surface area contributed by atoms with E-state index in [1.54, 1.807) is 6.92 Å². The molecular formula is C8H17NO2. The molecule has 0 aliphatic heterocycles. The highest BCUT2D eigenvalue weighted by molar-refractivity contribution is 5.70. The van der Waals surface area contributed by atoms with Gasteiger partial charge in [0.15, 0.2) is 0 Å². The number of esters is 1. The van der Waals surface area contributed by atoms with Gasteiger partial charge in [-0.25, -0.2) is 0 Å². The summed E-state index contributed by atoms with van der Waals surface area (Å²) in [4.78, 5) is 10.9. The second kappa shape index (κ2) is 5.13. The van der Waals surface area contributed by atoms with Crippen molar-refractivity contribution < 1.29 is 9.53 Å². The Kier molecular flexibility index (Phi) is 4.86.